The fraction of sp³-hybridized carbons (Fsp3) is 0. The van der Waals surface area contributed by atoms with Gasteiger partial charge in [-0.2, -0.15) is 0 Å². The summed E-state index contributed by atoms with van der Waals surface area (Å²) in [5, 5.41) is 17.9. The van der Waals surface area contributed by atoms with Crippen molar-refractivity contribution in [3.05, 3.63) is 47.5 Å². The average molecular weight is 288 g/mol. The molecule has 100 valence electrons. The number of aromatic carboxylic acids is 2. The Morgan fingerprint density at radius 1 is 0.850 bits per heavy atom. The van der Waals surface area contributed by atoms with Crippen molar-refractivity contribution < 1.29 is 24.5 Å². The zero-order valence-electron chi connectivity index (χ0n) is 9.99. The third-order valence-electron chi connectivity index (χ3n) is 2.82. The fourth-order valence-electron chi connectivity index (χ4n) is 1.85. The molecule has 20 heavy (non-hydrogen) atoms. The lowest BCUT2D eigenvalue weighted by molar-refractivity contribution is 0.0686. The van der Waals surface area contributed by atoms with Gasteiger partial charge in [0, 0.05) is 0 Å². The van der Waals surface area contributed by atoms with Crippen LogP contribution in [0.5, 0.6) is 11.5 Å². The zero-order chi connectivity index (χ0) is 14.3. The van der Waals surface area contributed by atoms with Gasteiger partial charge >= 0.3 is 11.9 Å². The van der Waals surface area contributed by atoms with E-state index in [1.165, 1.54) is 36.0 Å². The molecule has 0 aliphatic carbocycles. The molecule has 1 aliphatic rings. The van der Waals surface area contributed by atoms with Gasteiger partial charge < -0.3 is 14.9 Å². The third-order valence-corrected chi connectivity index (χ3v) is 3.90. The van der Waals surface area contributed by atoms with Crippen LogP contribution in [0.4, 0.5) is 0 Å². The van der Waals surface area contributed by atoms with Gasteiger partial charge in [-0.3, -0.25) is 0 Å². The first-order valence-electron chi connectivity index (χ1n) is 5.65. The van der Waals surface area contributed by atoms with Gasteiger partial charge in [0.15, 0.2) is 0 Å². The van der Waals surface area contributed by atoms with Crippen LogP contribution in [0.3, 0.4) is 0 Å². The molecule has 0 fully saturated rings. The number of ether oxygens (including phenoxy) is 1. The predicted molar refractivity (Wildman–Crippen MR) is 71.0 cm³/mol. The van der Waals surface area contributed by atoms with Crippen LogP contribution in [-0.2, 0) is 0 Å². The van der Waals surface area contributed by atoms with Gasteiger partial charge in [0.05, 0.1) is 20.9 Å². The molecule has 0 radical (unpaired) electrons. The molecule has 3 rings (SSSR count). The van der Waals surface area contributed by atoms with E-state index in [2.05, 4.69) is 0 Å². The van der Waals surface area contributed by atoms with Gasteiger partial charge in [0.1, 0.15) is 11.5 Å². The first-order chi connectivity index (χ1) is 9.54. The number of hydrogen-bond acceptors (Lipinski definition) is 4. The van der Waals surface area contributed by atoms with E-state index in [1.54, 1.807) is 12.1 Å². The number of hydrogen-bond donors (Lipinski definition) is 2. The Kier molecular flexibility index (Phi) is 2.87. The SMILES string of the molecule is O=C(O)c1ccc2c(c1)Sc1cc(C(=O)O)ccc1O2. The molecule has 5 nitrogen and oxygen atoms in total. The Morgan fingerprint density at radius 3 is 1.70 bits per heavy atom. The van der Waals surface area contributed by atoms with Crippen molar-refractivity contribution in [2.45, 2.75) is 9.79 Å². The molecule has 0 bridgehead atoms. The summed E-state index contributed by atoms with van der Waals surface area (Å²) in [4.78, 5) is 23.2. The van der Waals surface area contributed by atoms with Crippen LogP contribution in [-0.4, -0.2) is 22.2 Å². The summed E-state index contributed by atoms with van der Waals surface area (Å²) in [6.07, 6.45) is 0. The second kappa shape index (κ2) is 4.57. The summed E-state index contributed by atoms with van der Waals surface area (Å²) >= 11 is 1.29. The van der Waals surface area contributed by atoms with Crippen LogP contribution in [0.25, 0.3) is 0 Å². The first-order valence-corrected chi connectivity index (χ1v) is 6.46. The maximum Gasteiger partial charge on any atom is 0.335 e. The van der Waals surface area contributed by atoms with Crippen molar-refractivity contribution >= 4 is 23.7 Å². The first kappa shape index (κ1) is 12.6. The van der Waals surface area contributed by atoms with Gasteiger partial charge in [-0.25, -0.2) is 9.59 Å². The predicted octanol–water partition coefficient (Wildman–Crippen LogP) is 3.34. The third kappa shape index (κ3) is 2.10. The Morgan fingerprint density at radius 2 is 1.30 bits per heavy atom. The number of fused-ring (bicyclic) bond motifs is 2. The van der Waals surface area contributed by atoms with Gasteiger partial charge in [-0.05, 0) is 36.4 Å². The fourth-order valence-corrected chi connectivity index (χ4v) is 2.88. The number of benzene rings is 2. The Bertz CT molecular complexity index is 677. The van der Waals surface area contributed by atoms with Crippen LogP contribution in [0.1, 0.15) is 20.7 Å². The van der Waals surface area contributed by atoms with Crippen molar-refractivity contribution in [3.63, 3.8) is 0 Å². The monoisotopic (exact) mass is 288 g/mol. The van der Waals surface area contributed by atoms with E-state index in [1.807, 2.05) is 0 Å². The van der Waals surface area contributed by atoms with E-state index in [9.17, 15) is 9.59 Å². The second-order valence-electron chi connectivity index (χ2n) is 4.14. The summed E-state index contributed by atoms with van der Waals surface area (Å²) in [6.45, 7) is 0. The average Bonchev–Trinajstić information content (AvgIpc) is 2.43. The minimum absolute atomic E-state index is 0.165. The highest BCUT2D eigenvalue weighted by molar-refractivity contribution is 7.99. The molecule has 0 atom stereocenters. The van der Waals surface area contributed by atoms with E-state index in [0.717, 1.165) is 0 Å². The van der Waals surface area contributed by atoms with Crippen molar-refractivity contribution in [1.82, 2.24) is 0 Å². The van der Waals surface area contributed by atoms with Crippen LogP contribution >= 0.6 is 11.8 Å². The molecule has 0 aromatic heterocycles. The molecule has 0 spiro atoms. The molecule has 1 aliphatic heterocycles. The lowest BCUT2D eigenvalue weighted by Gasteiger charge is -2.20. The van der Waals surface area contributed by atoms with E-state index in [4.69, 9.17) is 14.9 Å². The lowest BCUT2D eigenvalue weighted by Crippen LogP contribution is -2.02. The summed E-state index contributed by atoms with van der Waals surface area (Å²) in [6, 6.07) is 9.16. The maximum absolute atomic E-state index is 10.9. The Hall–Kier alpha value is -2.47. The Labute approximate surface area is 117 Å². The Balaban J connectivity index is 2.03. The standard InChI is InChI=1S/C14H8O5S/c15-13(16)7-1-3-9-11(5-7)20-12-6-8(14(17)18)2-4-10(12)19-9/h1-6H,(H,15,16)(H,17,18). The smallest absolute Gasteiger partial charge is 0.335 e. The van der Waals surface area contributed by atoms with Gasteiger partial charge in [-0.1, -0.05) is 11.8 Å². The molecule has 2 aromatic carbocycles. The molecule has 2 aromatic rings. The summed E-state index contributed by atoms with van der Waals surface area (Å²) in [7, 11) is 0. The van der Waals surface area contributed by atoms with Gasteiger partial charge in [0.25, 0.3) is 0 Å². The topological polar surface area (TPSA) is 83.8 Å². The second-order valence-corrected chi connectivity index (χ2v) is 5.22. The molecule has 0 saturated carbocycles. The summed E-state index contributed by atoms with van der Waals surface area (Å²) < 4.78 is 5.64. The molecule has 0 amide bonds. The number of carboxylic acid groups (broad SMARTS) is 2. The van der Waals surface area contributed by atoms with Crippen LogP contribution in [0.15, 0.2) is 46.2 Å². The minimum Gasteiger partial charge on any atom is -0.478 e. The molecule has 6 heteroatoms. The summed E-state index contributed by atoms with van der Waals surface area (Å²) in [5.41, 5.74) is 0.329. The van der Waals surface area contributed by atoms with E-state index >= 15 is 0 Å². The van der Waals surface area contributed by atoms with Gasteiger partial charge in [-0.15, -0.1) is 0 Å². The molecular formula is C14H8O5S. The minimum atomic E-state index is -1.02. The quantitative estimate of drug-likeness (QED) is 0.752. The van der Waals surface area contributed by atoms with Crippen LogP contribution in [0.2, 0.25) is 0 Å². The van der Waals surface area contributed by atoms with Crippen LogP contribution in [0, 0.1) is 0 Å². The van der Waals surface area contributed by atoms with Crippen molar-refractivity contribution in [2.24, 2.45) is 0 Å². The van der Waals surface area contributed by atoms with E-state index in [-0.39, 0.29) is 11.1 Å². The van der Waals surface area contributed by atoms with Crippen molar-refractivity contribution in [1.29, 1.82) is 0 Å². The largest absolute Gasteiger partial charge is 0.478 e. The number of carboxylic acids is 2. The van der Waals surface area contributed by atoms with E-state index < -0.39 is 11.9 Å². The lowest BCUT2D eigenvalue weighted by atomic mass is 10.2. The molecule has 0 saturated heterocycles. The zero-order valence-corrected chi connectivity index (χ0v) is 10.8. The highest BCUT2D eigenvalue weighted by Crippen LogP contribution is 2.47. The van der Waals surface area contributed by atoms with Crippen molar-refractivity contribution in [3.8, 4) is 11.5 Å². The highest BCUT2D eigenvalue weighted by atomic mass is 32.2. The summed E-state index contributed by atoms with van der Waals surface area (Å²) in [5.74, 6) is -0.900. The highest BCUT2D eigenvalue weighted by Gasteiger charge is 2.20. The molecule has 0 unspecified atom stereocenters. The normalized spacial score (nSPS) is 12.0. The van der Waals surface area contributed by atoms with Crippen molar-refractivity contribution in [2.75, 3.05) is 0 Å². The van der Waals surface area contributed by atoms with Gasteiger partial charge in [0.2, 0.25) is 0 Å². The molecule has 1 heterocycles. The molecular weight excluding hydrogens is 280 g/mol. The van der Waals surface area contributed by atoms with Crippen LogP contribution < -0.4 is 4.74 Å². The maximum atomic E-state index is 10.9. The number of rotatable bonds is 2. The van der Waals surface area contributed by atoms with E-state index in [0.29, 0.717) is 21.3 Å². The molecule has 2 N–H and O–H groups in total. The number of carbonyl (C=O) groups is 2.